The van der Waals surface area contributed by atoms with Crippen LogP contribution < -0.4 is 15.7 Å². The Hall–Kier alpha value is -2.57. The van der Waals surface area contributed by atoms with Gasteiger partial charge in [0.15, 0.2) is 5.65 Å². The number of nitrogens with zero attached hydrogens (tertiary/aromatic N) is 5. The van der Waals surface area contributed by atoms with Crippen LogP contribution in [0.15, 0.2) is 41.6 Å². The summed E-state index contributed by atoms with van der Waals surface area (Å²) in [6.45, 7) is 6.41. The number of aromatic nitrogens is 3. The second-order valence-corrected chi connectivity index (χ2v) is 5.75. The maximum absolute atomic E-state index is 6.03. The van der Waals surface area contributed by atoms with Gasteiger partial charge in [0.25, 0.3) is 0 Å². The van der Waals surface area contributed by atoms with Crippen molar-refractivity contribution >= 4 is 36.8 Å². The predicted octanol–water partition coefficient (Wildman–Crippen LogP) is 1.35. The molecule has 0 unspecified atom stereocenters. The minimum Gasteiger partial charge on any atom is -0.366 e. The fraction of sp³-hybridized carbons (Fsp3) is 0.353. The topological polar surface area (TPSA) is 57.8 Å². The van der Waals surface area contributed by atoms with Gasteiger partial charge in [-0.25, -0.2) is 4.98 Å². The van der Waals surface area contributed by atoms with Crippen molar-refractivity contribution in [3.05, 3.63) is 36.6 Å². The Bertz CT molecular complexity index is 786. The van der Waals surface area contributed by atoms with Gasteiger partial charge >= 0.3 is 0 Å². The predicted molar refractivity (Wildman–Crippen MR) is 101 cm³/mol. The lowest BCUT2D eigenvalue weighted by molar-refractivity contribution is 0.898. The van der Waals surface area contributed by atoms with Gasteiger partial charge in [-0.1, -0.05) is 18.7 Å². The Morgan fingerprint density at radius 2 is 2.25 bits per heavy atom. The molecule has 1 aliphatic heterocycles. The maximum atomic E-state index is 6.03. The summed E-state index contributed by atoms with van der Waals surface area (Å²) in [7, 11) is 7.78. The number of rotatable bonds is 6. The van der Waals surface area contributed by atoms with Crippen molar-refractivity contribution in [3.8, 4) is 0 Å². The standard InChI is InChI=1S/C17H21BN6/c1-3-6-13(10-19-2)11-20-15-9-16(23-7-4-5-8-23)22-17-14(18)12-21-24(15)17/h3,6,9-10,12,20H,1,4-5,7-8,11H2,2H3/b13-6+,19-10?. The van der Waals surface area contributed by atoms with Gasteiger partial charge in [0.1, 0.15) is 19.5 Å². The molecule has 1 fully saturated rings. The van der Waals surface area contributed by atoms with Crippen molar-refractivity contribution in [2.45, 2.75) is 12.8 Å². The first-order valence-corrected chi connectivity index (χ1v) is 8.09. The molecule has 0 saturated carbocycles. The van der Waals surface area contributed by atoms with E-state index in [9.17, 15) is 0 Å². The first-order valence-electron chi connectivity index (χ1n) is 8.09. The van der Waals surface area contributed by atoms with Crippen molar-refractivity contribution in [2.24, 2.45) is 4.99 Å². The molecule has 24 heavy (non-hydrogen) atoms. The number of hydrogen-bond acceptors (Lipinski definition) is 5. The molecule has 2 aromatic heterocycles. The summed E-state index contributed by atoms with van der Waals surface area (Å²) < 4.78 is 1.74. The lowest BCUT2D eigenvalue weighted by Crippen LogP contribution is -2.21. The van der Waals surface area contributed by atoms with Crippen LogP contribution in [0.3, 0.4) is 0 Å². The lowest BCUT2D eigenvalue weighted by Gasteiger charge is -2.18. The van der Waals surface area contributed by atoms with Crippen LogP contribution in [-0.2, 0) is 0 Å². The van der Waals surface area contributed by atoms with Crippen molar-refractivity contribution < 1.29 is 0 Å². The summed E-state index contributed by atoms with van der Waals surface area (Å²) in [6.07, 6.45) is 9.52. The molecule has 6 nitrogen and oxygen atoms in total. The minimum absolute atomic E-state index is 0.580. The van der Waals surface area contributed by atoms with E-state index in [2.05, 4.69) is 31.9 Å². The van der Waals surface area contributed by atoms with Crippen LogP contribution in [0.1, 0.15) is 12.8 Å². The molecule has 3 heterocycles. The monoisotopic (exact) mass is 320 g/mol. The van der Waals surface area contributed by atoms with Gasteiger partial charge in [-0.15, -0.1) is 0 Å². The summed E-state index contributed by atoms with van der Waals surface area (Å²) in [5.41, 5.74) is 2.29. The summed E-state index contributed by atoms with van der Waals surface area (Å²) in [5, 5.41) is 7.74. The van der Waals surface area contributed by atoms with Gasteiger partial charge < -0.3 is 10.2 Å². The zero-order valence-corrected chi connectivity index (χ0v) is 13.9. The Kier molecular flexibility index (Phi) is 4.98. The summed E-state index contributed by atoms with van der Waals surface area (Å²) >= 11 is 0. The van der Waals surface area contributed by atoms with Gasteiger partial charge in [0.2, 0.25) is 0 Å². The highest BCUT2D eigenvalue weighted by Gasteiger charge is 2.17. The molecule has 122 valence electrons. The number of allylic oxidation sites excluding steroid dienone is 2. The van der Waals surface area contributed by atoms with E-state index < -0.39 is 0 Å². The van der Waals surface area contributed by atoms with Crippen LogP contribution in [0, 0.1) is 0 Å². The highest BCUT2D eigenvalue weighted by molar-refractivity contribution is 6.36. The lowest BCUT2D eigenvalue weighted by atomic mass is 10.0. The number of nitrogens with one attached hydrogen (secondary N) is 1. The SMILES string of the molecule is [B]c1cnn2c(NC/C(C=NC)=C/C=C)cc(N3CCCC3)nc12. The molecule has 0 aliphatic carbocycles. The Labute approximate surface area is 143 Å². The van der Waals surface area contributed by atoms with Crippen LogP contribution in [0.2, 0.25) is 0 Å². The second-order valence-electron chi connectivity index (χ2n) is 5.75. The fourth-order valence-electron chi connectivity index (χ4n) is 2.86. The highest BCUT2D eigenvalue weighted by Crippen LogP contribution is 2.22. The molecular formula is C17H21BN6. The largest absolute Gasteiger partial charge is 0.366 e. The molecule has 0 atom stereocenters. The molecule has 0 spiro atoms. The van der Waals surface area contributed by atoms with E-state index in [0.29, 0.717) is 17.7 Å². The van der Waals surface area contributed by atoms with Crippen LogP contribution in [0.5, 0.6) is 0 Å². The van der Waals surface area contributed by atoms with E-state index in [-0.39, 0.29) is 0 Å². The van der Waals surface area contributed by atoms with Crippen molar-refractivity contribution in [1.29, 1.82) is 0 Å². The van der Waals surface area contributed by atoms with Gasteiger partial charge in [-0.3, -0.25) is 4.99 Å². The molecule has 0 amide bonds. The molecule has 2 aromatic rings. The molecule has 7 heteroatoms. The Morgan fingerprint density at radius 1 is 1.46 bits per heavy atom. The van der Waals surface area contributed by atoms with Gasteiger partial charge in [-0.05, 0) is 23.9 Å². The van der Waals surface area contributed by atoms with Crippen molar-refractivity contribution in [1.82, 2.24) is 14.6 Å². The maximum Gasteiger partial charge on any atom is 0.152 e. The van der Waals surface area contributed by atoms with Gasteiger partial charge in [-0.2, -0.15) is 9.61 Å². The first-order chi connectivity index (χ1) is 11.7. The molecular weight excluding hydrogens is 299 g/mol. The van der Waals surface area contributed by atoms with E-state index in [1.807, 2.05) is 18.4 Å². The first kappa shape index (κ1) is 16.3. The molecule has 1 saturated heterocycles. The Balaban J connectivity index is 1.93. The molecule has 1 N–H and O–H groups in total. The average Bonchev–Trinajstić information content (AvgIpc) is 3.23. The zero-order valence-electron chi connectivity index (χ0n) is 13.9. The third-order valence-corrected chi connectivity index (χ3v) is 4.02. The summed E-state index contributed by atoms with van der Waals surface area (Å²) in [4.78, 5) is 11.0. The average molecular weight is 320 g/mol. The zero-order chi connectivity index (χ0) is 16.9. The summed E-state index contributed by atoms with van der Waals surface area (Å²) in [5.74, 6) is 1.80. The van der Waals surface area contributed by atoms with Crippen LogP contribution in [0.25, 0.3) is 5.65 Å². The molecule has 0 aromatic carbocycles. The third-order valence-electron chi connectivity index (χ3n) is 4.02. The number of anilines is 2. The fourth-order valence-corrected chi connectivity index (χ4v) is 2.86. The highest BCUT2D eigenvalue weighted by atomic mass is 15.3. The molecule has 3 rings (SSSR count). The number of hydrogen-bond donors (Lipinski definition) is 1. The van der Waals surface area contributed by atoms with E-state index in [0.717, 1.165) is 30.3 Å². The van der Waals surface area contributed by atoms with Crippen molar-refractivity contribution in [2.75, 3.05) is 36.9 Å². The molecule has 0 bridgehead atoms. The van der Waals surface area contributed by atoms with E-state index in [4.69, 9.17) is 7.85 Å². The Morgan fingerprint density at radius 3 is 2.96 bits per heavy atom. The molecule has 2 radical (unpaired) electrons. The second kappa shape index (κ2) is 7.34. The minimum atomic E-state index is 0.580. The number of aliphatic imine (C=N–C) groups is 1. The van der Waals surface area contributed by atoms with E-state index >= 15 is 0 Å². The normalized spacial score (nSPS) is 15.5. The van der Waals surface area contributed by atoms with E-state index in [1.54, 1.807) is 23.8 Å². The quantitative estimate of drug-likeness (QED) is 0.496. The van der Waals surface area contributed by atoms with E-state index in [1.165, 1.54) is 12.8 Å². The van der Waals surface area contributed by atoms with Gasteiger partial charge in [0, 0.05) is 45.2 Å². The van der Waals surface area contributed by atoms with Gasteiger partial charge in [0.05, 0.1) is 0 Å². The third kappa shape index (κ3) is 3.35. The van der Waals surface area contributed by atoms with Crippen molar-refractivity contribution in [3.63, 3.8) is 0 Å². The van der Waals surface area contributed by atoms with Crippen LogP contribution in [-0.4, -0.2) is 55.3 Å². The van der Waals surface area contributed by atoms with Crippen LogP contribution in [0.4, 0.5) is 11.6 Å². The van der Waals surface area contributed by atoms with Crippen LogP contribution >= 0.6 is 0 Å². The summed E-state index contributed by atoms with van der Waals surface area (Å²) in [6, 6.07) is 2.03. The molecule has 1 aliphatic rings. The number of fused-ring (bicyclic) bond motifs is 1. The smallest absolute Gasteiger partial charge is 0.152 e.